The Bertz CT molecular complexity index is 434. The first-order valence-electron chi connectivity index (χ1n) is 7.05. The highest BCUT2D eigenvalue weighted by Gasteiger charge is 2.15. The van der Waals surface area contributed by atoms with E-state index in [4.69, 9.17) is 21.7 Å². The first kappa shape index (κ1) is 15.1. The lowest BCUT2D eigenvalue weighted by atomic mass is 10.1. The van der Waals surface area contributed by atoms with Crippen molar-refractivity contribution in [1.29, 1.82) is 0 Å². The lowest BCUT2D eigenvalue weighted by Gasteiger charge is -2.14. The summed E-state index contributed by atoms with van der Waals surface area (Å²) in [7, 11) is 1.69. The summed E-state index contributed by atoms with van der Waals surface area (Å²) in [5, 5.41) is 7.11. The molecule has 2 rings (SSSR count). The Labute approximate surface area is 125 Å². The van der Waals surface area contributed by atoms with Gasteiger partial charge in [0.25, 0.3) is 0 Å². The molecule has 0 saturated carbocycles. The van der Waals surface area contributed by atoms with Crippen LogP contribution >= 0.6 is 12.2 Å². The van der Waals surface area contributed by atoms with Crippen molar-refractivity contribution in [2.75, 3.05) is 26.8 Å². The van der Waals surface area contributed by atoms with Gasteiger partial charge in [0, 0.05) is 19.7 Å². The van der Waals surface area contributed by atoms with Gasteiger partial charge in [-0.15, -0.1) is 0 Å². The summed E-state index contributed by atoms with van der Waals surface area (Å²) in [5.74, 6) is 0.924. The number of hydrogen-bond donors (Lipinski definition) is 2. The maximum atomic E-state index is 5.54. The molecule has 0 aromatic heterocycles. The molecule has 20 heavy (non-hydrogen) atoms. The smallest absolute Gasteiger partial charge is 0.166 e. The molecule has 4 nitrogen and oxygen atoms in total. The summed E-state index contributed by atoms with van der Waals surface area (Å²) in [6, 6.07) is 8.04. The number of ether oxygens (including phenoxy) is 2. The Kier molecular flexibility index (Phi) is 6.08. The summed E-state index contributed by atoms with van der Waals surface area (Å²) in [4.78, 5) is 0. The minimum absolute atomic E-state index is 0.309. The van der Waals surface area contributed by atoms with Gasteiger partial charge >= 0.3 is 0 Å². The fourth-order valence-corrected chi connectivity index (χ4v) is 2.48. The minimum atomic E-state index is 0.309. The Morgan fingerprint density at radius 3 is 3.00 bits per heavy atom. The van der Waals surface area contributed by atoms with Crippen LogP contribution in [0.3, 0.4) is 0 Å². The molecule has 0 spiro atoms. The van der Waals surface area contributed by atoms with E-state index in [1.807, 2.05) is 18.2 Å². The highest BCUT2D eigenvalue weighted by molar-refractivity contribution is 7.80. The standard InChI is InChI=1S/C15H22N2O2S/c1-18-14-7-3-2-5-12(14)8-9-16-15(20)17-11-13-6-4-10-19-13/h2-3,5,7,13H,4,6,8-11H2,1H3,(H2,16,17,20). The Hall–Kier alpha value is -1.33. The molecule has 1 fully saturated rings. The normalized spacial score (nSPS) is 17.8. The molecule has 2 N–H and O–H groups in total. The molecule has 1 aromatic rings. The Morgan fingerprint density at radius 1 is 1.40 bits per heavy atom. The Morgan fingerprint density at radius 2 is 2.25 bits per heavy atom. The van der Waals surface area contributed by atoms with Crippen LogP contribution in [-0.4, -0.2) is 38.0 Å². The van der Waals surface area contributed by atoms with E-state index in [1.165, 1.54) is 5.56 Å². The molecule has 0 radical (unpaired) electrons. The summed E-state index contributed by atoms with van der Waals surface area (Å²) >= 11 is 5.26. The molecule has 110 valence electrons. The second-order valence-electron chi connectivity index (χ2n) is 4.83. The molecule has 5 heteroatoms. The van der Waals surface area contributed by atoms with Crippen molar-refractivity contribution in [3.8, 4) is 5.75 Å². The zero-order valence-electron chi connectivity index (χ0n) is 11.9. The third-order valence-corrected chi connectivity index (χ3v) is 3.68. The number of nitrogens with one attached hydrogen (secondary N) is 2. The van der Waals surface area contributed by atoms with Crippen molar-refractivity contribution in [3.05, 3.63) is 29.8 Å². The summed E-state index contributed by atoms with van der Waals surface area (Å²) < 4.78 is 10.9. The first-order chi connectivity index (χ1) is 9.79. The number of hydrogen-bond acceptors (Lipinski definition) is 3. The summed E-state index contributed by atoms with van der Waals surface area (Å²) in [6.45, 7) is 2.46. The molecular weight excluding hydrogens is 272 g/mol. The van der Waals surface area contributed by atoms with Gasteiger partial charge in [-0.3, -0.25) is 0 Å². The van der Waals surface area contributed by atoms with Gasteiger partial charge in [-0.2, -0.15) is 0 Å². The molecule has 1 aliphatic heterocycles. The van der Waals surface area contributed by atoms with E-state index < -0.39 is 0 Å². The van der Waals surface area contributed by atoms with Crippen molar-refractivity contribution in [2.45, 2.75) is 25.4 Å². The second kappa shape index (κ2) is 8.07. The van der Waals surface area contributed by atoms with Gasteiger partial charge in [-0.25, -0.2) is 0 Å². The number of thiocarbonyl (C=S) groups is 1. The first-order valence-corrected chi connectivity index (χ1v) is 7.45. The third kappa shape index (κ3) is 4.65. The van der Waals surface area contributed by atoms with E-state index in [0.29, 0.717) is 11.2 Å². The molecule has 1 aromatic carbocycles. The third-order valence-electron chi connectivity index (χ3n) is 3.39. The number of benzene rings is 1. The SMILES string of the molecule is COc1ccccc1CCNC(=S)NCC1CCCO1. The monoisotopic (exact) mass is 294 g/mol. The van der Waals surface area contributed by atoms with Crippen molar-refractivity contribution >= 4 is 17.3 Å². The Balaban J connectivity index is 1.65. The average Bonchev–Trinajstić information content (AvgIpc) is 2.99. The van der Waals surface area contributed by atoms with Gasteiger partial charge < -0.3 is 20.1 Å². The van der Waals surface area contributed by atoms with Crippen LogP contribution in [0.25, 0.3) is 0 Å². The summed E-state index contributed by atoms with van der Waals surface area (Å²) in [6.07, 6.45) is 3.46. The van der Waals surface area contributed by atoms with E-state index in [-0.39, 0.29) is 0 Å². The largest absolute Gasteiger partial charge is 0.496 e. The quantitative estimate of drug-likeness (QED) is 0.784. The molecule has 1 heterocycles. The van der Waals surface area contributed by atoms with Crippen molar-refractivity contribution in [3.63, 3.8) is 0 Å². The second-order valence-corrected chi connectivity index (χ2v) is 5.24. The van der Waals surface area contributed by atoms with Crippen molar-refractivity contribution in [1.82, 2.24) is 10.6 Å². The van der Waals surface area contributed by atoms with Crippen LogP contribution in [0.2, 0.25) is 0 Å². The maximum Gasteiger partial charge on any atom is 0.166 e. The van der Waals surface area contributed by atoms with Gasteiger partial charge in [0.05, 0.1) is 13.2 Å². The van der Waals surface area contributed by atoms with Crippen LogP contribution < -0.4 is 15.4 Å². The maximum absolute atomic E-state index is 5.54. The molecule has 1 saturated heterocycles. The van der Waals surface area contributed by atoms with Crippen LogP contribution in [0.4, 0.5) is 0 Å². The minimum Gasteiger partial charge on any atom is -0.496 e. The molecule has 0 bridgehead atoms. The molecule has 1 unspecified atom stereocenters. The van der Waals surface area contributed by atoms with Crippen LogP contribution in [0.5, 0.6) is 5.75 Å². The molecular formula is C15H22N2O2S. The van der Waals surface area contributed by atoms with E-state index in [2.05, 4.69) is 16.7 Å². The van der Waals surface area contributed by atoms with Gasteiger partial charge in [-0.05, 0) is 43.1 Å². The van der Waals surface area contributed by atoms with E-state index in [9.17, 15) is 0 Å². The predicted octanol–water partition coefficient (Wildman–Crippen LogP) is 1.88. The van der Waals surface area contributed by atoms with Crippen molar-refractivity contribution in [2.24, 2.45) is 0 Å². The molecule has 1 atom stereocenters. The fourth-order valence-electron chi connectivity index (χ4n) is 2.29. The van der Waals surface area contributed by atoms with E-state index in [1.54, 1.807) is 7.11 Å². The van der Waals surface area contributed by atoms with Gasteiger partial charge in [0.15, 0.2) is 5.11 Å². The zero-order valence-corrected chi connectivity index (χ0v) is 12.7. The molecule has 0 amide bonds. The highest BCUT2D eigenvalue weighted by atomic mass is 32.1. The van der Waals surface area contributed by atoms with Crippen molar-refractivity contribution < 1.29 is 9.47 Å². The summed E-state index contributed by atoms with van der Waals surface area (Å²) in [5.41, 5.74) is 1.18. The van der Waals surface area contributed by atoms with Gasteiger partial charge in [0.1, 0.15) is 5.75 Å². The molecule has 0 aliphatic carbocycles. The topological polar surface area (TPSA) is 42.5 Å². The zero-order chi connectivity index (χ0) is 14.2. The fraction of sp³-hybridized carbons (Fsp3) is 0.533. The van der Waals surface area contributed by atoms with E-state index in [0.717, 1.165) is 44.7 Å². The lowest BCUT2D eigenvalue weighted by molar-refractivity contribution is 0.114. The van der Waals surface area contributed by atoms with Gasteiger partial charge in [-0.1, -0.05) is 18.2 Å². The van der Waals surface area contributed by atoms with Crippen LogP contribution in [0.1, 0.15) is 18.4 Å². The number of methoxy groups -OCH3 is 1. The van der Waals surface area contributed by atoms with Crippen LogP contribution in [0, 0.1) is 0 Å². The van der Waals surface area contributed by atoms with Crippen LogP contribution in [-0.2, 0) is 11.2 Å². The number of para-hydroxylation sites is 1. The lowest BCUT2D eigenvalue weighted by Crippen LogP contribution is -2.40. The highest BCUT2D eigenvalue weighted by Crippen LogP contribution is 2.17. The van der Waals surface area contributed by atoms with Gasteiger partial charge in [0.2, 0.25) is 0 Å². The average molecular weight is 294 g/mol. The molecule has 1 aliphatic rings. The number of rotatable bonds is 6. The predicted molar refractivity (Wildman–Crippen MR) is 84.3 cm³/mol. The van der Waals surface area contributed by atoms with E-state index >= 15 is 0 Å². The van der Waals surface area contributed by atoms with Crippen LogP contribution in [0.15, 0.2) is 24.3 Å².